The van der Waals surface area contributed by atoms with Crippen LogP contribution in [0.25, 0.3) is 0 Å². The van der Waals surface area contributed by atoms with Gasteiger partial charge in [-0.15, -0.1) is 0 Å². The molecule has 0 spiro atoms. The fourth-order valence-corrected chi connectivity index (χ4v) is 3.04. The Balaban J connectivity index is 2.30. The molecule has 26 heavy (non-hydrogen) atoms. The van der Waals surface area contributed by atoms with Crippen LogP contribution in [0.1, 0.15) is 29.9 Å². The zero-order chi connectivity index (χ0) is 18.8. The molecule has 1 aromatic carbocycles. The average Bonchev–Trinajstić information content (AvgIpc) is 2.62. The Kier molecular flexibility index (Phi) is 5.01. The second-order valence-electron chi connectivity index (χ2n) is 5.48. The van der Waals surface area contributed by atoms with Gasteiger partial charge in [0.2, 0.25) is 17.1 Å². The summed E-state index contributed by atoms with van der Waals surface area (Å²) in [6.45, 7) is 1.28. The number of hydrogen-bond acceptors (Lipinski definition) is 7. The van der Waals surface area contributed by atoms with Gasteiger partial charge in [0.25, 0.3) is 0 Å². The molecule has 0 saturated carbocycles. The molecule has 0 bridgehead atoms. The predicted molar refractivity (Wildman–Crippen MR) is 92.7 cm³/mol. The number of aliphatic hydroxyl groups excluding tert-OH is 1. The number of fused-ring (bicyclic) bond motifs is 1. The van der Waals surface area contributed by atoms with E-state index in [0.29, 0.717) is 10.6 Å². The van der Waals surface area contributed by atoms with Gasteiger partial charge in [-0.3, -0.25) is 4.79 Å². The van der Waals surface area contributed by atoms with Crippen molar-refractivity contribution in [1.82, 2.24) is 0 Å². The Morgan fingerprint density at radius 1 is 1.38 bits per heavy atom. The third kappa shape index (κ3) is 3.07. The van der Waals surface area contributed by atoms with Crippen LogP contribution in [0.5, 0.6) is 5.75 Å². The molecule has 1 atom stereocenters. The van der Waals surface area contributed by atoms with E-state index in [-0.39, 0.29) is 35.3 Å². The second-order valence-corrected chi connectivity index (χ2v) is 5.89. The lowest BCUT2D eigenvalue weighted by atomic mass is 9.86. The van der Waals surface area contributed by atoms with E-state index in [0.717, 1.165) is 6.07 Å². The van der Waals surface area contributed by atoms with Crippen molar-refractivity contribution >= 4 is 17.6 Å². The van der Waals surface area contributed by atoms with Crippen LogP contribution in [-0.2, 0) is 16.1 Å². The van der Waals surface area contributed by atoms with Gasteiger partial charge in [-0.2, -0.15) is 0 Å². The van der Waals surface area contributed by atoms with E-state index in [1.54, 1.807) is 31.2 Å². The standard InChI is InChI=1S/C18H16ClNO6/c1-2-24-18(23)14-13(10-5-3-4-6-11(10)19)16-15(26-17(14)20)12(22)7-9(8-21)25-16/h3-7,13,21H,2,8,20H2,1H3/t13-/m1/s1. The SMILES string of the molecule is CCOC(=O)C1=C(N)Oc2c(oc(CO)cc2=O)[C@@H]1c1ccccc1Cl. The van der Waals surface area contributed by atoms with Crippen molar-refractivity contribution in [1.29, 1.82) is 0 Å². The average molecular weight is 378 g/mol. The van der Waals surface area contributed by atoms with E-state index in [1.807, 2.05) is 0 Å². The van der Waals surface area contributed by atoms with Crippen molar-refractivity contribution in [3.05, 3.63) is 74.1 Å². The highest BCUT2D eigenvalue weighted by Crippen LogP contribution is 2.43. The van der Waals surface area contributed by atoms with Crippen molar-refractivity contribution in [2.45, 2.75) is 19.4 Å². The third-order valence-electron chi connectivity index (χ3n) is 3.88. The van der Waals surface area contributed by atoms with Crippen molar-refractivity contribution < 1.29 is 23.8 Å². The summed E-state index contributed by atoms with van der Waals surface area (Å²) in [5, 5.41) is 9.70. The first-order valence-electron chi connectivity index (χ1n) is 7.84. The molecule has 0 amide bonds. The van der Waals surface area contributed by atoms with Gasteiger partial charge in [-0.25, -0.2) is 4.79 Å². The Labute approximate surface area is 153 Å². The minimum absolute atomic E-state index is 0.0225. The lowest BCUT2D eigenvalue weighted by Crippen LogP contribution is -2.30. The molecule has 1 aliphatic rings. The Hall–Kier alpha value is -2.77. The Morgan fingerprint density at radius 3 is 2.77 bits per heavy atom. The summed E-state index contributed by atoms with van der Waals surface area (Å²) in [6.07, 6.45) is 0. The second kappa shape index (κ2) is 7.23. The number of carbonyl (C=O) groups excluding carboxylic acids is 1. The first-order valence-corrected chi connectivity index (χ1v) is 8.22. The van der Waals surface area contributed by atoms with E-state index < -0.39 is 23.9 Å². The number of rotatable bonds is 4. The topological polar surface area (TPSA) is 112 Å². The number of aliphatic hydroxyl groups is 1. The number of nitrogens with two attached hydrogens (primary N) is 1. The molecule has 136 valence electrons. The first kappa shape index (κ1) is 18.0. The monoisotopic (exact) mass is 377 g/mol. The van der Waals surface area contributed by atoms with Crippen LogP contribution in [-0.4, -0.2) is 17.7 Å². The third-order valence-corrected chi connectivity index (χ3v) is 4.22. The Morgan fingerprint density at radius 2 is 2.12 bits per heavy atom. The maximum absolute atomic E-state index is 12.5. The smallest absolute Gasteiger partial charge is 0.340 e. The van der Waals surface area contributed by atoms with Gasteiger partial charge < -0.3 is 24.7 Å². The van der Waals surface area contributed by atoms with Gasteiger partial charge >= 0.3 is 5.97 Å². The lowest BCUT2D eigenvalue weighted by Gasteiger charge is -2.27. The van der Waals surface area contributed by atoms with Gasteiger partial charge in [-0.05, 0) is 18.6 Å². The van der Waals surface area contributed by atoms with E-state index in [9.17, 15) is 14.7 Å². The Bertz CT molecular complexity index is 949. The van der Waals surface area contributed by atoms with Crippen LogP contribution in [0, 0.1) is 0 Å². The van der Waals surface area contributed by atoms with Crippen molar-refractivity contribution in [2.24, 2.45) is 5.73 Å². The van der Waals surface area contributed by atoms with Crippen molar-refractivity contribution in [2.75, 3.05) is 6.61 Å². The maximum atomic E-state index is 12.5. The molecule has 0 saturated heterocycles. The zero-order valence-corrected chi connectivity index (χ0v) is 14.6. The van der Waals surface area contributed by atoms with Crippen molar-refractivity contribution in [3.63, 3.8) is 0 Å². The number of halogens is 1. The number of carbonyl (C=O) groups is 1. The van der Waals surface area contributed by atoms with E-state index in [2.05, 4.69) is 0 Å². The van der Waals surface area contributed by atoms with E-state index in [1.165, 1.54) is 0 Å². The molecule has 0 radical (unpaired) electrons. The summed E-state index contributed by atoms with van der Waals surface area (Å²) in [6, 6.07) is 7.87. The summed E-state index contributed by atoms with van der Waals surface area (Å²) in [5.41, 5.74) is 5.86. The highest BCUT2D eigenvalue weighted by molar-refractivity contribution is 6.31. The summed E-state index contributed by atoms with van der Waals surface area (Å²) >= 11 is 6.31. The molecule has 8 heteroatoms. The van der Waals surface area contributed by atoms with Gasteiger partial charge in [-0.1, -0.05) is 29.8 Å². The summed E-state index contributed by atoms with van der Waals surface area (Å²) in [5.74, 6) is -1.98. The zero-order valence-electron chi connectivity index (χ0n) is 13.8. The lowest BCUT2D eigenvalue weighted by molar-refractivity contribution is -0.139. The number of ether oxygens (including phenoxy) is 2. The van der Waals surface area contributed by atoms with Crippen molar-refractivity contribution in [3.8, 4) is 5.75 Å². The van der Waals surface area contributed by atoms with Crippen LogP contribution in [0.3, 0.4) is 0 Å². The normalized spacial score (nSPS) is 16.0. The van der Waals surface area contributed by atoms with E-state index >= 15 is 0 Å². The summed E-state index contributed by atoms with van der Waals surface area (Å²) < 4.78 is 16.1. The number of benzene rings is 1. The summed E-state index contributed by atoms with van der Waals surface area (Å²) in [4.78, 5) is 24.8. The maximum Gasteiger partial charge on any atom is 0.340 e. The molecule has 0 aliphatic carbocycles. The van der Waals surface area contributed by atoms with Gasteiger partial charge in [0.15, 0.2) is 5.76 Å². The van der Waals surface area contributed by atoms with Crippen LogP contribution >= 0.6 is 11.6 Å². The van der Waals surface area contributed by atoms with E-state index in [4.69, 9.17) is 31.2 Å². The fraction of sp³-hybridized carbons (Fsp3) is 0.222. The molecule has 0 fully saturated rings. The first-order chi connectivity index (χ1) is 12.5. The highest BCUT2D eigenvalue weighted by Gasteiger charge is 2.40. The van der Waals surface area contributed by atoms with Gasteiger partial charge in [0.05, 0.1) is 12.5 Å². The molecular weight excluding hydrogens is 362 g/mol. The van der Waals surface area contributed by atoms with Crippen LogP contribution in [0.2, 0.25) is 5.02 Å². The molecule has 1 aromatic heterocycles. The minimum Gasteiger partial charge on any atom is -0.462 e. The number of hydrogen-bond donors (Lipinski definition) is 2. The molecular formula is C18H16ClNO6. The van der Waals surface area contributed by atoms with Crippen LogP contribution < -0.4 is 15.9 Å². The molecule has 2 heterocycles. The molecule has 0 unspecified atom stereocenters. The molecule has 7 nitrogen and oxygen atoms in total. The largest absolute Gasteiger partial charge is 0.462 e. The quantitative estimate of drug-likeness (QED) is 0.784. The fourth-order valence-electron chi connectivity index (χ4n) is 2.79. The van der Waals surface area contributed by atoms with Gasteiger partial charge in [0.1, 0.15) is 17.9 Å². The van der Waals surface area contributed by atoms with Crippen LogP contribution in [0.4, 0.5) is 0 Å². The minimum atomic E-state index is -0.911. The number of esters is 1. The molecule has 3 rings (SSSR count). The molecule has 1 aliphatic heterocycles. The van der Waals surface area contributed by atoms with Crippen LogP contribution in [0.15, 0.2) is 51.0 Å². The highest BCUT2D eigenvalue weighted by atomic mass is 35.5. The molecule has 2 aromatic rings. The molecule has 3 N–H and O–H groups in total. The van der Waals surface area contributed by atoms with Gasteiger partial charge in [0, 0.05) is 11.1 Å². The predicted octanol–water partition coefficient (Wildman–Crippen LogP) is 2.04. The summed E-state index contributed by atoms with van der Waals surface area (Å²) in [7, 11) is 0.